The smallest absolute Gasteiger partial charge is 0.0351 e. The molecule has 1 aromatic rings. The van der Waals surface area contributed by atoms with Gasteiger partial charge < -0.3 is 5.73 Å². The molecule has 0 aliphatic heterocycles. The molecule has 0 saturated heterocycles. The highest BCUT2D eigenvalue weighted by atomic mass is 14.6. The van der Waals surface area contributed by atoms with Crippen LogP contribution in [0.3, 0.4) is 0 Å². The van der Waals surface area contributed by atoms with Gasteiger partial charge in [-0.3, -0.25) is 0 Å². The van der Waals surface area contributed by atoms with Crippen molar-refractivity contribution in [3.63, 3.8) is 0 Å². The topological polar surface area (TPSA) is 26.0 Å². The first-order valence-corrected chi connectivity index (χ1v) is 4.00. The van der Waals surface area contributed by atoms with Crippen molar-refractivity contribution in [3.05, 3.63) is 28.8 Å². The Morgan fingerprint density at radius 1 is 1.27 bits per heavy atom. The van der Waals surface area contributed by atoms with Gasteiger partial charge in [0.2, 0.25) is 0 Å². The molecule has 0 heterocycles. The van der Waals surface area contributed by atoms with Gasteiger partial charge in [0.15, 0.2) is 0 Å². The van der Waals surface area contributed by atoms with Crippen molar-refractivity contribution in [2.24, 2.45) is 0 Å². The quantitative estimate of drug-likeness (QED) is 0.610. The Kier molecular flexibility index (Phi) is 2.18. The molecule has 0 aliphatic carbocycles. The van der Waals surface area contributed by atoms with E-state index in [1.54, 1.807) is 0 Å². The van der Waals surface area contributed by atoms with Crippen LogP contribution < -0.4 is 5.73 Å². The van der Waals surface area contributed by atoms with Crippen molar-refractivity contribution < 1.29 is 0 Å². The van der Waals surface area contributed by atoms with Crippen LogP contribution in [0.1, 0.15) is 23.6 Å². The van der Waals surface area contributed by atoms with Crippen molar-refractivity contribution in [1.82, 2.24) is 0 Å². The van der Waals surface area contributed by atoms with E-state index in [-0.39, 0.29) is 0 Å². The second kappa shape index (κ2) is 2.95. The van der Waals surface area contributed by atoms with E-state index in [2.05, 4.69) is 26.8 Å². The van der Waals surface area contributed by atoms with Crippen LogP contribution in [0, 0.1) is 13.8 Å². The molecule has 1 nitrogen and oxygen atoms in total. The average molecular weight is 149 g/mol. The minimum Gasteiger partial charge on any atom is -0.398 e. The molecule has 0 fully saturated rings. The average Bonchev–Trinajstić information content (AvgIpc) is 1.85. The van der Waals surface area contributed by atoms with Crippen molar-refractivity contribution in [3.8, 4) is 0 Å². The first kappa shape index (κ1) is 8.12. The van der Waals surface area contributed by atoms with E-state index >= 15 is 0 Å². The number of hydrogen-bond donors (Lipinski definition) is 1. The molecule has 0 radical (unpaired) electrons. The summed E-state index contributed by atoms with van der Waals surface area (Å²) in [7, 11) is 0. The molecule has 0 unspecified atom stereocenters. The molecule has 1 aromatic carbocycles. The van der Waals surface area contributed by atoms with E-state index in [1.165, 1.54) is 16.7 Å². The highest BCUT2D eigenvalue weighted by Gasteiger charge is 2.00. The van der Waals surface area contributed by atoms with E-state index in [4.69, 9.17) is 5.73 Å². The van der Waals surface area contributed by atoms with E-state index in [9.17, 15) is 0 Å². The first-order valence-electron chi connectivity index (χ1n) is 4.00. The maximum Gasteiger partial charge on any atom is 0.0351 e. The van der Waals surface area contributed by atoms with Crippen molar-refractivity contribution in [2.75, 3.05) is 5.73 Å². The van der Waals surface area contributed by atoms with E-state index in [0.29, 0.717) is 0 Å². The van der Waals surface area contributed by atoms with Crippen LogP contribution in [-0.2, 0) is 6.42 Å². The van der Waals surface area contributed by atoms with Gasteiger partial charge in [-0.15, -0.1) is 0 Å². The van der Waals surface area contributed by atoms with Gasteiger partial charge in [-0.1, -0.05) is 13.0 Å². The lowest BCUT2D eigenvalue weighted by molar-refractivity contribution is 1.11. The third-order valence-corrected chi connectivity index (χ3v) is 2.01. The third-order valence-electron chi connectivity index (χ3n) is 2.01. The molecule has 2 N–H and O–H groups in total. The summed E-state index contributed by atoms with van der Waals surface area (Å²) in [5.41, 5.74) is 10.6. The summed E-state index contributed by atoms with van der Waals surface area (Å²) in [5, 5.41) is 0. The van der Waals surface area contributed by atoms with E-state index in [1.807, 2.05) is 6.07 Å². The largest absolute Gasteiger partial charge is 0.398 e. The molecule has 0 aromatic heterocycles. The van der Waals surface area contributed by atoms with Gasteiger partial charge in [0.1, 0.15) is 0 Å². The molecule has 1 rings (SSSR count). The summed E-state index contributed by atoms with van der Waals surface area (Å²) in [6.07, 6.45) is 1.03. The summed E-state index contributed by atoms with van der Waals surface area (Å²) in [6.45, 7) is 6.32. The van der Waals surface area contributed by atoms with Crippen LogP contribution in [0.5, 0.6) is 0 Å². The van der Waals surface area contributed by atoms with Gasteiger partial charge >= 0.3 is 0 Å². The Balaban J connectivity index is 3.25. The van der Waals surface area contributed by atoms with Crippen molar-refractivity contribution in [2.45, 2.75) is 27.2 Å². The lowest BCUT2D eigenvalue weighted by Crippen LogP contribution is -1.96. The zero-order valence-corrected chi connectivity index (χ0v) is 7.44. The minimum atomic E-state index is 0.935. The number of nitrogen functional groups attached to an aromatic ring is 1. The van der Waals surface area contributed by atoms with E-state index in [0.717, 1.165) is 12.1 Å². The summed E-state index contributed by atoms with van der Waals surface area (Å²) in [5.74, 6) is 0. The Labute approximate surface area is 68.2 Å². The standard InChI is InChI=1S/C10H15N/c1-4-9-8(3)5-7(2)6-10(9)11/h5-6H,4,11H2,1-3H3. The van der Waals surface area contributed by atoms with Crippen molar-refractivity contribution >= 4 is 5.69 Å². The van der Waals surface area contributed by atoms with Crippen LogP contribution in [0.25, 0.3) is 0 Å². The normalized spacial score (nSPS) is 10.1. The zero-order chi connectivity index (χ0) is 8.43. The fourth-order valence-corrected chi connectivity index (χ4v) is 1.51. The number of hydrogen-bond acceptors (Lipinski definition) is 1. The number of rotatable bonds is 1. The van der Waals surface area contributed by atoms with Crippen LogP contribution in [0.2, 0.25) is 0 Å². The maximum absolute atomic E-state index is 5.83. The van der Waals surface area contributed by atoms with Gasteiger partial charge in [0.25, 0.3) is 0 Å². The van der Waals surface area contributed by atoms with Crippen molar-refractivity contribution in [1.29, 1.82) is 0 Å². The van der Waals surface area contributed by atoms with Crippen LogP contribution in [-0.4, -0.2) is 0 Å². The number of benzene rings is 1. The molecule has 1 heteroatoms. The Morgan fingerprint density at radius 2 is 1.91 bits per heavy atom. The highest BCUT2D eigenvalue weighted by Crippen LogP contribution is 2.18. The summed E-state index contributed by atoms with van der Waals surface area (Å²) < 4.78 is 0. The molecule has 60 valence electrons. The summed E-state index contributed by atoms with van der Waals surface area (Å²) in [4.78, 5) is 0. The lowest BCUT2D eigenvalue weighted by Gasteiger charge is -2.07. The number of nitrogens with two attached hydrogens (primary N) is 1. The predicted molar refractivity (Wildman–Crippen MR) is 49.7 cm³/mol. The van der Waals surface area contributed by atoms with E-state index < -0.39 is 0 Å². The minimum absolute atomic E-state index is 0.935. The molecular weight excluding hydrogens is 134 g/mol. The van der Waals surface area contributed by atoms with Gasteiger partial charge in [-0.2, -0.15) is 0 Å². The summed E-state index contributed by atoms with van der Waals surface area (Å²) in [6, 6.07) is 4.21. The lowest BCUT2D eigenvalue weighted by atomic mass is 10.0. The predicted octanol–water partition coefficient (Wildman–Crippen LogP) is 2.45. The third kappa shape index (κ3) is 1.53. The molecule has 0 spiro atoms. The Bertz CT molecular complexity index is 241. The summed E-state index contributed by atoms with van der Waals surface area (Å²) >= 11 is 0. The monoisotopic (exact) mass is 149 g/mol. The number of aryl methyl sites for hydroxylation is 2. The molecular formula is C10H15N. The molecule has 0 bridgehead atoms. The molecule has 0 saturated carbocycles. The molecule has 0 amide bonds. The fraction of sp³-hybridized carbons (Fsp3) is 0.400. The second-order valence-corrected chi connectivity index (χ2v) is 3.00. The Morgan fingerprint density at radius 3 is 2.36 bits per heavy atom. The maximum atomic E-state index is 5.83. The molecule has 11 heavy (non-hydrogen) atoms. The van der Waals surface area contributed by atoms with Gasteiger partial charge in [0.05, 0.1) is 0 Å². The van der Waals surface area contributed by atoms with Crippen LogP contribution >= 0.6 is 0 Å². The fourth-order valence-electron chi connectivity index (χ4n) is 1.51. The van der Waals surface area contributed by atoms with Gasteiger partial charge in [-0.25, -0.2) is 0 Å². The van der Waals surface area contributed by atoms with Gasteiger partial charge in [-0.05, 0) is 43.0 Å². The zero-order valence-electron chi connectivity index (χ0n) is 7.44. The SMILES string of the molecule is CCc1c(C)cc(C)cc1N. The molecule has 0 atom stereocenters. The second-order valence-electron chi connectivity index (χ2n) is 3.00. The first-order chi connectivity index (χ1) is 5.15. The molecule has 0 aliphatic rings. The van der Waals surface area contributed by atoms with Crippen LogP contribution in [0.15, 0.2) is 12.1 Å². The Hall–Kier alpha value is -0.980. The van der Waals surface area contributed by atoms with Gasteiger partial charge in [0, 0.05) is 5.69 Å². The van der Waals surface area contributed by atoms with Crippen LogP contribution in [0.4, 0.5) is 5.69 Å². The number of anilines is 1. The highest BCUT2D eigenvalue weighted by molar-refractivity contribution is 5.52.